The molecule has 2 heterocycles. The van der Waals surface area contributed by atoms with Crippen LogP contribution < -0.4 is 16.0 Å². The summed E-state index contributed by atoms with van der Waals surface area (Å²) in [5, 5.41) is 4.19. The van der Waals surface area contributed by atoms with Crippen LogP contribution in [0.1, 0.15) is 23.2 Å². The van der Waals surface area contributed by atoms with Gasteiger partial charge in [-0.1, -0.05) is 11.6 Å². The Labute approximate surface area is 117 Å². The first kappa shape index (κ1) is 12.8. The van der Waals surface area contributed by atoms with Crippen LogP contribution in [0.4, 0.5) is 5.69 Å². The van der Waals surface area contributed by atoms with E-state index in [2.05, 4.69) is 10.2 Å². The Morgan fingerprint density at radius 2 is 2.26 bits per heavy atom. The van der Waals surface area contributed by atoms with Gasteiger partial charge in [0.25, 0.3) is 5.91 Å². The highest BCUT2D eigenvalue weighted by molar-refractivity contribution is 6.31. The van der Waals surface area contributed by atoms with E-state index in [4.69, 9.17) is 17.3 Å². The maximum Gasteiger partial charge on any atom is 0.250 e. The van der Waals surface area contributed by atoms with Crippen LogP contribution in [0.15, 0.2) is 18.2 Å². The number of carbonyl (C=O) groups is 1. The van der Waals surface area contributed by atoms with Gasteiger partial charge in [0, 0.05) is 24.2 Å². The third-order valence-electron chi connectivity index (χ3n) is 4.17. The van der Waals surface area contributed by atoms with E-state index >= 15 is 0 Å². The number of primary amides is 1. The predicted molar refractivity (Wildman–Crippen MR) is 76.7 cm³/mol. The molecule has 102 valence electrons. The third kappa shape index (κ3) is 2.42. The molecule has 3 N–H and O–H groups in total. The number of carbonyl (C=O) groups excluding carboxylic acids is 1. The van der Waals surface area contributed by atoms with E-state index in [-0.39, 0.29) is 0 Å². The zero-order valence-corrected chi connectivity index (χ0v) is 11.5. The summed E-state index contributed by atoms with van der Waals surface area (Å²) in [5.74, 6) is 0.267. The zero-order chi connectivity index (χ0) is 13.4. The second-order valence-electron chi connectivity index (χ2n) is 5.39. The van der Waals surface area contributed by atoms with Gasteiger partial charge >= 0.3 is 0 Å². The molecule has 0 aliphatic carbocycles. The molecule has 5 heteroatoms. The number of hydrogen-bond acceptors (Lipinski definition) is 3. The molecule has 1 aromatic carbocycles. The van der Waals surface area contributed by atoms with Crippen molar-refractivity contribution in [1.29, 1.82) is 0 Å². The molecular weight excluding hydrogens is 262 g/mol. The summed E-state index contributed by atoms with van der Waals surface area (Å²) in [5.41, 5.74) is 6.88. The predicted octanol–water partition coefficient (Wildman–Crippen LogP) is 1.63. The number of nitrogens with zero attached hydrogens (tertiary/aromatic N) is 1. The fourth-order valence-electron chi connectivity index (χ4n) is 3.22. The zero-order valence-electron chi connectivity index (χ0n) is 10.7. The van der Waals surface area contributed by atoms with Crippen LogP contribution in [-0.2, 0) is 0 Å². The number of anilines is 1. The quantitative estimate of drug-likeness (QED) is 0.865. The third-order valence-corrected chi connectivity index (χ3v) is 4.40. The standard InChI is InChI=1S/C14H18ClN3O/c15-10-3-4-11(14(16)19)13(6-10)18-7-9-2-1-5-17-12(9)8-18/h3-4,6,9,12,17H,1-2,5,7-8H2,(H2,16,19)/t9-,12+/m0/s1. The van der Waals surface area contributed by atoms with E-state index < -0.39 is 5.91 Å². The molecule has 2 aliphatic rings. The van der Waals surface area contributed by atoms with E-state index in [1.165, 1.54) is 12.8 Å². The minimum Gasteiger partial charge on any atom is -0.369 e. The highest BCUT2D eigenvalue weighted by atomic mass is 35.5. The van der Waals surface area contributed by atoms with Crippen LogP contribution in [0.3, 0.4) is 0 Å². The summed E-state index contributed by atoms with van der Waals surface area (Å²) in [7, 11) is 0. The van der Waals surface area contributed by atoms with Gasteiger partial charge in [-0.3, -0.25) is 4.79 Å². The van der Waals surface area contributed by atoms with Crippen LogP contribution >= 0.6 is 11.6 Å². The molecule has 0 radical (unpaired) electrons. The molecule has 2 fully saturated rings. The molecule has 2 atom stereocenters. The first-order valence-electron chi connectivity index (χ1n) is 6.73. The smallest absolute Gasteiger partial charge is 0.250 e. The number of nitrogens with one attached hydrogen (secondary N) is 1. The fourth-order valence-corrected chi connectivity index (χ4v) is 3.38. The number of halogens is 1. The summed E-state index contributed by atoms with van der Waals surface area (Å²) in [6.07, 6.45) is 2.48. The van der Waals surface area contributed by atoms with Gasteiger partial charge in [-0.15, -0.1) is 0 Å². The van der Waals surface area contributed by atoms with Crippen LogP contribution in [0.5, 0.6) is 0 Å². The Morgan fingerprint density at radius 1 is 1.42 bits per heavy atom. The van der Waals surface area contributed by atoms with Gasteiger partial charge in [0.15, 0.2) is 0 Å². The van der Waals surface area contributed by atoms with E-state index in [1.54, 1.807) is 12.1 Å². The minimum absolute atomic E-state index is 0.394. The molecule has 0 bridgehead atoms. The van der Waals surface area contributed by atoms with Gasteiger partial charge in [-0.25, -0.2) is 0 Å². The summed E-state index contributed by atoms with van der Waals surface area (Å²) in [4.78, 5) is 13.8. The lowest BCUT2D eigenvalue weighted by molar-refractivity contribution is 0.100. The topological polar surface area (TPSA) is 58.4 Å². The van der Waals surface area contributed by atoms with Gasteiger partial charge in [0.1, 0.15) is 0 Å². The van der Waals surface area contributed by atoms with Crippen LogP contribution in [0, 0.1) is 5.92 Å². The summed E-state index contributed by atoms with van der Waals surface area (Å²) in [6, 6.07) is 5.80. The SMILES string of the molecule is NC(=O)c1ccc(Cl)cc1N1C[C@@H]2CCCN[C@@H]2C1. The van der Waals surface area contributed by atoms with Crippen molar-refractivity contribution in [3.63, 3.8) is 0 Å². The molecule has 1 aromatic rings. The summed E-state index contributed by atoms with van der Waals surface area (Å²) < 4.78 is 0. The Hall–Kier alpha value is -1.26. The lowest BCUT2D eigenvalue weighted by Gasteiger charge is -2.24. The molecule has 3 rings (SSSR count). The highest BCUT2D eigenvalue weighted by Crippen LogP contribution is 2.32. The van der Waals surface area contributed by atoms with Gasteiger partial charge in [-0.05, 0) is 43.5 Å². The number of hydrogen-bond donors (Lipinski definition) is 2. The fraction of sp³-hybridized carbons (Fsp3) is 0.500. The lowest BCUT2D eigenvalue weighted by atomic mass is 9.94. The number of fused-ring (bicyclic) bond motifs is 1. The van der Waals surface area contributed by atoms with Gasteiger partial charge in [0.2, 0.25) is 0 Å². The number of rotatable bonds is 2. The first-order chi connectivity index (χ1) is 9.15. The Balaban J connectivity index is 1.90. The monoisotopic (exact) mass is 279 g/mol. The average Bonchev–Trinajstić information content (AvgIpc) is 2.81. The molecule has 19 heavy (non-hydrogen) atoms. The first-order valence-corrected chi connectivity index (χ1v) is 7.10. The number of amides is 1. The second kappa shape index (κ2) is 5.02. The van der Waals surface area contributed by atoms with Crippen molar-refractivity contribution in [1.82, 2.24) is 5.32 Å². The highest BCUT2D eigenvalue weighted by Gasteiger charge is 2.35. The molecule has 0 saturated carbocycles. The second-order valence-corrected chi connectivity index (χ2v) is 5.83. The Bertz CT molecular complexity index is 491. The molecule has 1 amide bonds. The van der Waals surface area contributed by atoms with Gasteiger partial charge in [0.05, 0.1) is 11.3 Å². The normalized spacial score (nSPS) is 26.3. The maximum atomic E-state index is 11.5. The van der Waals surface area contributed by atoms with Crippen molar-refractivity contribution < 1.29 is 4.79 Å². The molecule has 2 aliphatic heterocycles. The van der Waals surface area contributed by atoms with Crippen LogP contribution in [0.2, 0.25) is 5.02 Å². The van der Waals surface area contributed by atoms with Crippen molar-refractivity contribution in [2.45, 2.75) is 18.9 Å². The van der Waals surface area contributed by atoms with E-state index in [0.29, 0.717) is 22.5 Å². The van der Waals surface area contributed by atoms with Gasteiger partial charge < -0.3 is 16.0 Å². The van der Waals surface area contributed by atoms with Crippen molar-refractivity contribution in [3.8, 4) is 0 Å². The van der Waals surface area contributed by atoms with Crippen LogP contribution in [-0.4, -0.2) is 31.6 Å². The van der Waals surface area contributed by atoms with Crippen molar-refractivity contribution >= 4 is 23.2 Å². The number of nitrogens with two attached hydrogens (primary N) is 1. The van der Waals surface area contributed by atoms with Crippen molar-refractivity contribution in [2.75, 3.05) is 24.5 Å². The molecular formula is C14H18ClN3O. The Morgan fingerprint density at radius 3 is 3.00 bits per heavy atom. The summed E-state index contributed by atoms with van der Waals surface area (Å²) >= 11 is 6.06. The Kier molecular flexibility index (Phi) is 3.37. The van der Waals surface area contributed by atoms with E-state index in [9.17, 15) is 4.79 Å². The number of benzene rings is 1. The molecule has 0 spiro atoms. The van der Waals surface area contributed by atoms with Gasteiger partial charge in [-0.2, -0.15) is 0 Å². The van der Waals surface area contributed by atoms with E-state index in [1.807, 2.05) is 6.07 Å². The molecule has 2 saturated heterocycles. The lowest BCUT2D eigenvalue weighted by Crippen LogP contribution is -2.40. The average molecular weight is 280 g/mol. The molecule has 4 nitrogen and oxygen atoms in total. The largest absolute Gasteiger partial charge is 0.369 e. The summed E-state index contributed by atoms with van der Waals surface area (Å²) in [6.45, 7) is 2.98. The molecule has 0 aromatic heterocycles. The molecule has 0 unspecified atom stereocenters. The van der Waals surface area contributed by atoms with E-state index in [0.717, 1.165) is 25.3 Å². The van der Waals surface area contributed by atoms with Crippen LogP contribution in [0.25, 0.3) is 0 Å². The number of piperidine rings is 1. The maximum absolute atomic E-state index is 11.5. The van der Waals surface area contributed by atoms with Crippen molar-refractivity contribution in [3.05, 3.63) is 28.8 Å². The minimum atomic E-state index is -0.394. The van der Waals surface area contributed by atoms with Crippen molar-refractivity contribution in [2.24, 2.45) is 11.7 Å².